The molecule has 0 fully saturated rings. The van der Waals surface area contributed by atoms with Gasteiger partial charge in [0.25, 0.3) is 0 Å². The maximum Gasteiger partial charge on any atom is 0.179 e. The van der Waals surface area contributed by atoms with Gasteiger partial charge < -0.3 is 5.32 Å². The number of hydrogen-bond acceptors (Lipinski definition) is 3. The summed E-state index contributed by atoms with van der Waals surface area (Å²) in [6.07, 6.45) is 0. The van der Waals surface area contributed by atoms with Gasteiger partial charge in [0, 0.05) is 11.6 Å². The minimum absolute atomic E-state index is 0.102. The summed E-state index contributed by atoms with van der Waals surface area (Å²) in [5.41, 5.74) is 0. The van der Waals surface area contributed by atoms with E-state index in [0.29, 0.717) is 16.5 Å². The van der Waals surface area contributed by atoms with E-state index in [1.54, 1.807) is 19.2 Å². The van der Waals surface area contributed by atoms with Gasteiger partial charge in [0.15, 0.2) is 9.84 Å². The number of nitrogens with one attached hydrogen (secondary N) is 1. The molecule has 78 valence electrons. The first-order valence-electron chi connectivity index (χ1n) is 4.19. The Labute approximate surface area is 89.0 Å². The Morgan fingerprint density at radius 2 is 1.86 bits per heavy atom. The van der Waals surface area contributed by atoms with Gasteiger partial charge in [-0.3, -0.25) is 0 Å². The fourth-order valence-corrected chi connectivity index (χ4v) is 2.38. The van der Waals surface area contributed by atoms with E-state index < -0.39 is 9.84 Å². The highest BCUT2D eigenvalue weighted by atomic mass is 35.5. The number of halogens is 1. The second-order valence-electron chi connectivity index (χ2n) is 2.88. The lowest BCUT2D eigenvalue weighted by Crippen LogP contribution is -2.19. The molecule has 0 radical (unpaired) electrons. The SMILES string of the molecule is CNCCS(=O)(=O)c1ccc(Cl)cc1. The van der Waals surface area contributed by atoms with Crippen LogP contribution in [-0.2, 0) is 9.84 Å². The molecule has 0 aromatic heterocycles. The molecule has 5 heteroatoms. The summed E-state index contributed by atoms with van der Waals surface area (Å²) in [4.78, 5) is 0.317. The molecule has 0 aliphatic carbocycles. The summed E-state index contributed by atoms with van der Waals surface area (Å²) >= 11 is 5.66. The molecular weight excluding hydrogens is 222 g/mol. The Kier molecular flexibility index (Phi) is 3.92. The van der Waals surface area contributed by atoms with Crippen LogP contribution in [0.5, 0.6) is 0 Å². The van der Waals surface area contributed by atoms with E-state index in [1.807, 2.05) is 0 Å². The normalized spacial score (nSPS) is 11.6. The smallest absolute Gasteiger partial charge is 0.179 e. The molecule has 1 aromatic rings. The zero-order valence-electron chi connectivity index (χ0n) is 7.83. The molecule has 0 saturated heterocycles. The topological polar surface area (TPSA) is 46.2 Å². The molecule has 14 heavy (non-hydrogen) atoms. The van der Waals surface area contributed by atoms with Gasteiger partial charge in [-0.15, -0.1) is 0 Å². The third kappa shape index (κ3) is 2.97. The van der Waals surface area contributed by atoms with Crippen molar-refractivity contribution in [1.82, 2.24) is 5.32 Å². The zero-order valence-corrected chi connectivity index (χ0v) is 9.40. The predicted molar refractivity (Wildman–Crippen MR) is 57.4 cm³/mol. The molecule has 0 spiro atoms. The Morgan fingerprint density at radius 3 is 2.36 bits per heavy atom. The first-order valence-corrected chi connectivity index (χ1v) is 6.22. The minimum Gasteiger partial charge on any atom is -0.319 e. The molecule has 1 N–H and O–H groups in total. The lowest BCUT2D eigenvalue weighted by Gasteiger charge is -2.03. The molecule has 0 amide bonds. The van der Waals surface area contributed by atoms with Crippen molar-refractivity contribution in [1.29, 1.82) is 0 Å². The van der Waals surface area contributed by atoms with Crippen LogP contribution in [0.1, 0.15) is 0 Å². The van der Waals surface area contributed by atoms with Gasteiger partial charge in [-0.2, -0.15) is 0 Å². The average molecular weight is 234 g/mol. The van der Waals surface area contributed by atoms with Crippen molar-refractivity contribution in [3.8, 4) is 0 Å². The van der Waals surface area contributed by atoms with Crippen LogP contribution < -0.4 is 5.32 Å². The van der Waals surface area contributed by atoms with Crippen molar-refractivity contribution in [2.75, 3.05) is 19.3 Å². The summed E-state index contributed by atoms with van der Waals surface area (Å²) in [5.74, 6) is 0.102. The molecule has 0 atom stereocenters. The van der Waals surface area contributed by atoms with Crippen LogP contribution in [0.15, 0.2) is 29.2 Å². The first kappa shape index (κ1) is 11.5. The maximum atomic E-state index is 11.6. The van der Waals surface area contributed by atoms with Crippen LogP contribution in [0.25, 0.3) is 0 Å². The summed E-state index contributed by atoms with van der Waals surface area (Å²) in [6.45, 7) is 0.449. The highest BCUT2D eigenvalue weighted by Gasteiger charge is 2.12. The quantitative estimate of drug-likeness (QED) is 0.854. The highest BCUT2D eigenvalue weighted by Crippen LogP contribution is 2.14. The van der Waals surface area contributed by atoms with Gasteiger partial charge >= 0.3 is 0 Å². The van der Waals surface area contributed by atoms with Crippen molar-refractivity contribution in [3.63, 3.8) is 0 Å². The van der Waals surface area contributed by atoms with Crippen LogP contribution >= 0.6 is 11.6 Å². The molecule has 0 aliphatic rings. The molecular formula is C9H12ClNO2S. The highest BCUT2D eigenvalue weighted by molar-refractivity contribution is 7.91. The van der Waals surface area contributed by atoms with Gasteiger partial charge in [0.05, 0.1) is 10.6 Å². The largest absolute Gasteiger partial charge is 0.319 e. The van der Waals surface area contributed by atoms with Gasteiger partial charge in [0.1, 0.15) is 0 Å². The van der Waals surface area contributed by atoms with E-state index in [-0.39, 0.29) is 5.75 Å². The second kappa shape index (κ2) is 4.77. The third-order valence-electron chi connectivity index (χ3n) is 1.79. The summed E-state index contributed by atoms with van der Waals surface area (Å²) in [5, 5.41) is 3.34. The van der Waals surface area contributed by atoms with Crippen molar-refractivity contribution < 1.29 is 8.42 Å². The van der Waals surface area contributed by atoms with Crippen molar-refractivity contribution in [2.24, 2.45) is 0 Å². The van der Waals surface area contributed by atoms with Gasteiger partial charge in [-0.25, -0.2) is 8.42 Å². The van der Waals surface area contributed by atoms with E-state index >= 15 is 0 Å². The molecule has 0 bridgehead atoms. The predicted octanol–water partition coefficient (Wildman–Crippen LogP) is 1.33. The molecule has 1 aromatic carbocycles. The van der Waals surface area contributed by atoms with Crippen molar-refractivity contribution >= 4 is 21.4 Å². The monoisotopic (exact) mass is 233 g/mol. The van der Waals surface area contributed by atoms with Crippen LogP contribution in [0.2, 0.25) is 5.02 Å². The number of sulfone groups is 1. The van der Waals surface area contributed by atoms with E-state index in [1.165, 1.54) is 12.1 Å². The molecule has 0 saturated carbocycles. The summed E-state index contributed by atoms with van der Waals surface area (Å²) in [7, 11) is -1.44. The number of hydrogen-bond donors (Lipinski definition) is 1. The summed E-state index contributed by atoms with van der Waals surface area (Å²) < 4.78 is 23.2. The van der Waals surface area contributed by atoms with Crippen molar-refractivity contribution in [2.45, 2.75) is 4.90 Å². The third-order valence-corrected chi connectivity index (χ3v) is 3.78. The van der Waals surface area contributed by atoms with E-state index in [0.717, 1.165) is 0 Å². The van der Waals surface area contributed by atoms with Crippen LogP contribution in [-0.4, -0.2) is 27.8 Å². The average Bonchev–Trinajstić information content (AvgIpc) is 2.16. The lowest BCUT2D eigenvalue weighted by atomic mass is 10.4. The maximum absolute atomic E-state index is 11.6. The van der Waals surface area contributed by atoms with E-state index in [9.17, 15) is 8.42 Å². The first-order chi connectivity index (χ1) is 6.56. The fourth-order valence-electron chi connectivity index (χ4n) is 0.996. The molecule has 1 rings (SSSR count). The van der Waals surface area contributed by atoms with Crippen molar-refractivity contribution in [3.05, 3.63) is 29.3 Å². The van der Waals surface area contributed by atoms with E-state index in [4.69, 9.17) is 11.6 Å². The Hall–Kier alpha value is -0.580. The van der Waals surface area contributed by atoms with Crippen LogP contribution in [0.4, 0.5) is 0 Å². The molecule has 3 nitrogen and oxygen atoms in total. The van der Waals surface area contributed by atoms with E-state index in [2.05, 4.69) is 5.32 Å². The zero-order chi connectivity index (χ0) is 10.6. The van der Waals surface area contributed by atoms with Gasteiger partial charge in [-0.05, 0) is 31.3 Å². The standard InChI is InChI=1S/C9H12ClNO2S/c1-11-6-7-14(12,13)9-4-2-8(10)3-5-9/h2-5,11H,6-7H2,1H3. The van der Waals surface area contributed by atoms with Crippen LogP contribution in [0, 0.1) is 0 Å². The lowest BCUT2D eigenvalue weighted by molar-refractivity contribution is 0.593. The molecule has 0 aliphatic heterocycles. The number of benzene rings is 1. The molecule has 0 heterocycles. The molecule has 0 unspecified atom stereocenters. The minimum atomic E-state index is -3.16. The van der Waals surface area contributed by atoms with Gasteiger partial charge in [0.2, 0.25) is 0 Å². The Balaban J connectivity index is 2.87. The summed E-state index contributed by atoms with van der Waals surface area (Å²) in [6, 6.07) is 6.20. The fraction of sp³-hybridized carbons (Fsp3) is 0.333. The Bertz CT molecular complexity index is 386. The second-order valence-corrected chi connectivity index (χ2v) is 5.42. The van der Waals surface area contributed by atoms with Gasteiger partial charge in [-0.1, -0.05) is 11.6 Å². The Morgan fingerprint density at radius 1 is 1.29 bits per heavy atom. The van der Waals surface area contributed by atoms with Crippen LogP contribution in [0.3, 0.4) is 0 Å². The number of rotatable bonds is 4.